The first-order valence-electron chi connectivity index (χ1n) is 3.83. The molecule has 0 spiro atoms. The SMILES string of the molecule is CCNC(C(=O)O)C(C(=O)O)C(=O)O. The van der Waals surface area contributed by atoms with Crippen molar-refractivity contribution in [3.8, 4) is 0 Å². The molecule has 0 saturated carbocycles. The molecule has 0 aromatic carbocycles. The highest BCUT2D eigenvalue weighted by atomic mass is 16.4. The second-order valence-electron chi connectivity index (χ2n) is 2.53. The van der Waals surface area contributed by atoms with Gasteiger partial charge in [0.2, 0.25) is 0 Å². The Balaban J connectivity index is 4.82. The van der Waals surface area contributed by atoms with Crippen molar-refractivity contribution in [1.29, 1.82) is 0 Å². The molecule has 0 aliphatic rings. The summed E-state index contributed by atoms with van der Waals surface area (Å²) in [6, 6.07) is -1.62. The molecule has 7 nitrogen and oxygen atoms in total. The number of hydrogen-bond donors (Lipinski definition) is 4. The van der Waals surface area contributed by atoms with Crippen molar-refractivity contribution in [1.82, 2.24) is 5.32 Å². The molecule has 0 aromatic heterocycles. The predicted molar refractivity (Wildman–Crippen MR) is 43.9 cm³/mol. The highest BCUT2D eigenvalue weighted by molar-refractivity contribution is 5.98. The van der Waals surface area contributed by atoms with E-state index in [1.807, 2.05) is 0 Å². The highest BCUT2D eigenvalue weighted by Crippen LogP contribution is 2.05. The van der Waals surface area contributed by atoms with Crippen molar-refractivity contribution >= 4 is 17.9 Å². The van der Waals surface area contributed by atoms with Crippen LogP contribution in [0.5, 0.6) is 0 Å². The summed E-state index contributed by atoms with van der Waals surface area (Å²) in [5, 5.41) is 27.9. The molecule has 0 aromatic rings. The first-order valence-corrected chi connectivity index (χ1v) is 3.83. The lowest BCUT2D eigenvalue weighted by Gasteiger charge is -2.16. The first-order chi connectivity index (χ1) is 6.41. The smallest absolute Gasteiger partial charge is 0.322 e. The lowest BCUT2D eigenvalue weighted by atomic mass is 10.0. The summed E-state index contributed by atoms with van der Waals surface area (Å²) in [6.45, 7) is 1.73. The summed E-state index contributed by atoms with van der Waals surface area (Å²) in [6.07, 6.45) is 0. The third kappa shape index (κ3) is 3.02. The molecular weight excluding hydrogens is 194 g/mol. The summed E-state index contributed by atoms with van der Waals surface area (Å²) in [7, 11) is 0. The molecule has 0 heterocycles. The van der Waals surface area contributed by atoms with Gasteiger partial charge in [0.15, 0.2) is 5.92 Å². The maximum atomic E-state index is 10.6. The second-order valence-corrected chi connectivity index (χ2v) is 2.53. The molecule has 80 valence electrons. The van der Waals surface area contributed by atoms with E-state index in [1.54, 1.807) is 6.92 Å². The van der Waals surface area contributed by atoms with E-state index in [2.05, 4.69) is 5.32 Å². The highest BCUT2D eigenvalue weighted by Gasteiger charge is 2.39. The van der Waals surface area contributed by atoms with Gasteiger partial charge in [0, 0.05) is 0 Å². The number of hydrogen-bond acceptors (Lipinski definition) is 4. The minimum absolute atomic E-state index is 0.175. The van der Waals surface area contributed by atoms with Crippen molar-refractivity contribution in [3.05, 3.63) is 0 Å². The first kappa shape index (κ1) is 12.4. The second kappa shape index (κ2) is 5.18. The predicted octanol–water partition coefficient (Wildman–Crippen LogP) is -1.17. The van der Waals surface area contributed by atoms with Crippen LogP contribution in [0.1, 0.15) is 6.92 Å². The molecule has 4 N–H and O–H groups in total. The largest absolute Gasteiger partial charge is 0.481 e. The Hall–Kier alpha value is -1.63. The van der Waals surface area contributed by atoms with Crippen LogP contribution < -0.4 is 5.32 Å². The van der Waals surface area contributed by atoms with Crippen LogP contribution in [0.2, 0.25) is 0 Å². The van der Waals surface area contributed by atoms with Crippen LogP contribution in [0.4, 0.5) is 0 Å². The standard InChI is InChI=1S/C7H11NO6/c1-2-8-4(7(13)14)3(5(9)10)6(11)12/h3-4,8H,2H2,1H3,(H,9,10)(H,11,12)(H,13,14). The third-order valence-corrected chi connectivity index (χ3v) is 1.56. The van der Waals surface area contributed by atoms with E-state index in [9.17, 15) is 14.4 Å². The van der Waals surface area contributed by atoms with Crippen LogP contribution in [0, 0.1) is 5.92 Å². The minimum atomic E-state index is -1.98. The molecule has 1 unspecified atom stereocenters. The van der Waals surface area contributed by atoms with Crippen LogP contribution in [-0.2, 0) is 14.4 Å². The monoisotopic (exact) mass is 205 g/mol. The summed E-state index contributed by atoms with van der Waals surface area (Å²) in [5.74, 6) is -6.83. The Labute approximate surface area is 79.3 Å². The zero-order chi connectivity index (χ0) is 11.3. The Morgan fingerprint density at radius 2 is 1.50 bits per heavy atom. The normalized spacial score (nSPS) is 12.4. The lowest BCUT2D eigenvalue weighted by Crippen LogP contribution is -2.49. The van der Waals surface area contributed by atoms with Crippen LogP contribution in [0.15, 0.2) is 0 Å². The fourth-order valence-electron chi connectivity index (χ4n) is 0.958. The molecule has 0 amide bonds. The zero-order valence-corrected chi connectivity index (χ0v) is 7.43. The van der Waals surface area contributed by atoms with Gasteiger partial charge in [-0.2, -0.15) is 0 Å². The van der Waals surface area contributed by atoms with Gasteiger partial charge in [-0.3, -0.25) is 14.4 Å². The van der Waals surface area contributed by atoms with E-state index in [-0.39, 0.29) is 6.54 Å². The summed E-state index contributed by atoms with van der Waals surface area (Å²) >= 11 is 0. The van der Waals surface area contributed by atoms with Crippen molar-refractivity contribution in [2.45, 2.75) is 13.0 Å². The average molecular weight is 205 g/mol. The molecule has 7 heteroatoms. The quantitative estimate of drug-likeness (QED) is 0.403. The maximum Gasteiger partial charge on any atom is 0.322 e. The minimum Gasteiger partial charge on any atom is -0.481 e. The molecule has 1 atom stereocenters. The van der Waals surface area contributed by atoms with Gasteiger partial charge in [-0.1, -0.05) is 6.92 Å². The molecule has 0 aliphatic heterocycles. The number of carbonyl (C=O) groups is 3. The number of nitrogens with one attached hydrogen (secondary N) is 1. The molecule has 0 rings (SSSR count). The van der Waals surface area contributed by atoms with Crippen LogP contribution in [0.3, 0.4) is 0 Å². The van der Waals surface area contributed by atoms with Crippen molar-refractivity contribution in [3.63, 3.8) is 0 Å². The van der Waals surface area contributed by atoms with Crippen molar-refractivity contribution in [2.24, 2.45) is 5.92 Å². The van der Waals surface area contributed by atoms with Gasteiger partial charge in [-0.05, 0) is 6.54 Å². The van der Waals surface area contributed by atoms with E-state index < -0.39 is 29.9 Å². The van der Waals surface area contributed by atoms with Gasteiger partial charge < -0.3 is 20.6 Å². The lowest BCUT2D eigenvalue weighted by molar-refractivity contribution is -0.161. The van der Waals surface area contributed by atoms with E-state index >= 15 is 0 Å². The topological polar surface area (TPSA) is 124 Å². The van der Waals surface area contributed by atoms with E-state index in [0.717, 1.165) is 0 Å². The van der Waals surface area contributed by atoms with Gasteiger partial charge in [0.05, 0.1) is 0 Å². The van der Waals surface area contributed by atoms with E-state index in [1.165, 1.54) is 0 Å². The molecular formula is C7H11NO6. The molecule has 0 saturated heterocycles. The maximum absolute atomic E-state index is 10.6. The molecule has 0 fully saturated rings. The summed E-state index contributed by atoms with van der Waals surface area (Å²) in [4.78, 5) is 31.5. The van der Waals surface area contributed by atoms with Gasteiger partial charge in [0.1, 0.15) is 6.04 Å². The summed E-state index contributed by atoms with van der Waals surface area (Å²) < 4.78 is 0. The number of carboxylic acid groups (broad SMARTS) is 3. The van der Waals surface area contributed by atoms with Crippen molar-refractivity contribution in [2.75, 3.05) is 6.54 Å². The fraction of sp³-hybridized carbons (Fsp3) is 0.571. The van der Waals surface area contributed by atoms with Crippen LogP contribution in [0.25, 0.3) is 0 Å². The number of aliphatic carboxylic acids is 3. The van der Waals surface area contributed by atoms with E-state index in [4.69, 9.17) is 15.3 Å². The molecule has 0 aliphatic carbocycles. The van der Waals surface area contributed by atoms with Gasteiger partial charge >= 0.3 is 17.9 Å². The Kier molecular flexibility index (Phi) is 4.57. The zero-order valence-electron chi connectivity index (χ0n) is 7.43. The summed E-state index contributed by atoms with van der Waals surface area (Å²) in [5.41, 5.74) is 0. The van der Waals surface area contributed by atoms with Crippen LogP contribution in [-0.4, -0.2) is 45.8 Å². The number of carboxylic acids is 3. The third-order valence-electron chi connectivity index (χ3n) is 1.56. The average Bonchev–Trinajstić information content (AvgIpc) is 2.01. The molecule has 0 radical (unpaired) electrons. The van der Waals surface area contributed by atoms with Gasteiger partial charge in [-0.25, -0.2) is 0 Å². The fourth-order valence-corrected chi connectivity index (χ4v) is 0.958. The van der Waals surface area contributed by atoms with Gasteiger partial charge in [-0.15, -0.1) is 0 Å². The van der Waals surface area contributed by atoms with E-state index in [0.29, 0.717) is 0 Å². The number of rotatable bonds is 6. The number of likely N-dealkylation sites (N-methyl/N-ethyl adjacent to an activating group) is 1. The Morgan fingerprint density at radius 1 is 1.07 bits per heavy atom. The van der Waals surface area contributed by atoms with Crippen LogP contribution >= 0.6 is 0 Å². The molecule has 0 bridgehead atoms. The Morgan fingerprint density at radius 3 is 1.71 bits per heavy atom. The van der Waals surface area contributed by atoms with Gasteiger partial charge in [0.25, 0.3) is 0 Å². The molecule has 14 heavy (non-hydrogen) atoms. The van der Waals surface area contributed by atoms with Crippen molar-refractivity contribution < 1.29 is 29.7 Å². The Bertz CT molecular complexity index is 237.